The van der Waals surface area contributed by atoms with Gasteiger partial charge >= 0.3 is 6.18 Å². The second-order valence-corrected chi connectivity index (χ2v) is 7.38. The number of carbonyl (C=O) groups is 1. The number of hydrazine groups is 1. The minimum Gasteiger partial charge on any atom is -0.292 e. The second-order valence-electron chi connectivity index (χ2n) is 5.36. The topological polar surface area (TPSA) is 118 Å². The molecule has 0 bridgehead atoms. The Labute approximate surface area is 151 Å². The molecule has 0 saturated carbocycles. The molecule has 0 radical (unpaired) electrons. The number of hydrogen-bond acceptors (Lipinski definition) is 6. The van der Waals surface area contributed by atoms with Crippen LogP contribution in [0.4, 0.5) is 24.5 Å². The molecule has 0 aliphatic rings. The van der Waals surface area contributed by atoms with Gasteiger partial charge in [-0.3, -0.25) is 25.8 Å². The zero-order valence-electron chi connectivity index (χ0n) is 13.6. The Bertz CT molecular complexity index is 989. The summed E-state index contributed by atoms with van der Waals surface area (Å²) in [5.41, 5.74) is 1.89. The minimum absolute atomic E-state index is 0.00890. The molecular weight excluding hydrogens is 391 g/mol. The summed E-state index contributed by atoms with van der Waals surface area (Å²) in [5, 5.41) is 11.0. The van der Waals surface area contributed by atoms with Crippen LogP contribution in [0, 0.1) is 10.1 Å². The van der Waals surface area contributed by atoms with Gasteiger partial charge in [-0.15, -0.1) is 0 Å². The molecule has 0 aliphatic carbocycles. The SMILES string of the molecule is CS(=O)(=O)c1ccc(C(=O)NNc2ccc(C(F)(F)F)cc2[N+](=O)[O-])cc1. The first-order valence-electron chi connectivity index (χ1n) is 7.11. The van der Waals surface area contributed by atoms with Gasteiger partial charge in [-0.25, -0.2) is 8.42 Å². The van der Waals surface area contributed by atoms with Crippen molar-refractivity contribution in [3.05, 3.63) is 63.7 Å². The van der Waals surface area contributed by atoms with Gasteiger partial charge in [0.05, 0.1) is 15.4 Å². The van der Waals surface area contributed by atoms with Crippen LogP contribution in [0.5, 0.6) is 0 Å². The standard InChI is InChI=1S/C15H12F3N3O5S/c1-27(25,26)11-5-2-9(3-6-11)14(22)20-19-12-7-4-10(15(16,17)18)8-13(12)21(23)24/h2-8,19H,1H3,(H,20,22). The summed E-state index contributed by atoms with van der Waals surface area (Å²) >= 11 is 0. The summed E-state index contributed by atoms with van der Waals surface area (Å²) < 4.78 is 60.7. The molecule has 2 aromatic rings. The van der Waals surface area contributed by atoms with Gasteiger partial charge in [0.25, 0.3) is 11.6 Å². The molecule has 0 heterocycles. The van der Waals surface area contributed by atoms with Crippen LogP contribution in [0.3, 0.4) is 0 Å². The molecule has 2 N–H and O–H groups in total. The summed E-state index contributed by atoms with van der Waals surface area (Å²) in [6.07, 6.45) is -3.76. The molecule has 0 aromatic heterocycles. The number of rotatable bonds is 5. The van der Waals surface area contributed by atoms with Gasteiger partial charge in [0.15, 0.2) is 9.84 Å². The van der Waals surface area contributed by atoms with E-state index in [1.54, 1.807) is 0 Å². The van der Waals surface area contributed by atoms with Crippen molar-refractivity contribution in [2.75, 3.05) is 11.7 Å². The number of nitrogens with one attached hydrogen (secondary N) is 2. The first-order chi connectivity index (χ1) is 12.4. The largest absolute Gasteiger partial charge is 0.416 e. The van der Waals surface area contributed by atoms with Crippen LogP contribution in [0.15, 0.2) is 47.4 Å². The molecule has 2 aromatic carbocycles. The highest BCUT2D eigenvalue weighted by Gasteiger charge is 2.33. The highest BCUT2D eigenvalue weighted by molar-refractivity contribution is 7.90. The third kappa shape index (κ3) is 4.94. The predicted octanol–water partition coefficient (Wildman–Crippen LogP) is 2.77. The van der Waals surface area contributed by atoms with Crippen LogP contribution >= 0.6 is 0 Å². The number of sulfone groups is 1. The first-order valence-corrected chi connectivity index (χ1v) is 9.01. The van der Waals surface area contributed by atoms with Crippen molar-refractivity contribution in [1.29, 1.82) is 0 Å². The molecule has 8 nitrogen and oxygen atoms in total. The average molecular weight is 403 g/mol. The third-order valence-corrected chi connectivity index (χ3v) is 4.51. The van der Waals surface area contributed by atoms with Crippen LogP contribution in [-0.4, -0.2) is 25.5 Å². The van der Waals surface area contributed by atoms with E-state index in [0.29, 0.717) is 12.1 Å². The Kier molecular flexibility index (Phi) is 5.40. The Morgan fingerprint density at radius 2 is 1.70 bits per heavy atom. The fourth-order valence-electron chi connectivity index (χ4n) is 2.01. The summed E-state index contributed by atoms with van der Waals surface area (Å²) in [7, 11) is -3.45. The van der Waals surface area contributed by atoms with Gasteiger partial charge in [-0.05, 0) is 36.4 Å². The number of nitro benzene ring substituents is 1. The maximum atomic E-state index is 12.7. The molecule has 0 aliphatic heterocycles. The van der Waals surface area contributed by atoms with Crippen molar-refractivity contribution in [2.24, 2.45) is 0 Å². The lowest BCUT2D eigenvalue weighted by atomic mass is 10.1. The first kappa shape index (κ1) is 20.2. The normalized spacial score (nSPS) is 11.7. The lowest BCUT2D eigenvalue weighted by Gasteiger charge is -2.11. The molecule has 2 rings (SSSR count). The van der Waals surface area contributed by atoms with Crippen molar-refractivity contribution in [3.63, 3.8) is 0 Å². The molecule has 0 unspecified atom stereocenters. The minimum atomic E-state index is -4.76. The van der Waals surface area contributed by atoms with Crippen molar-refractivity contribution in [3.8, 4) is 0 Å². The lowest BCUT2D eigenvalue weighted by molar-refractivity contribution is -0.384. The number of amides is 1. The van der Waals surface area contributed by atoms with Gasteiger partial charge in [-0.2, -0.15) is 13.2 Å². The van der Waals surface area contributed by atoms with E-state index in [1.165, 1.54) is 24.3 Å². The highest BCUT2D eigenvalue weighted by atomic mass is 32.2. The Morgan fingerprint density at radius 1 is 1.11 bits per heavy atom. The number of nitrogens with zero attached hydrogens (tertiary/aromatic N) is 1. The van der Waals surface area contributed by atoms with Gasteiger partial charge in [-0.1, -0.05) is 0 Å². The third-order valence-electron chi connectivity index (χ3n) is 3.38. The zero-order chi connectivity index (χ0) is 20.4. The zero-order valence-corrected chi connectivity index (χ0v) is 14.4. The number of nitro groups is 1. The number of carbonyl (C=O) groups excluding carboxylic acids is 1. The molecule has 12 heteroatoms. The Morgan fingerprint density at radius 3 is 2.19 bits per heavy atom. The monoisotopic (exact) mass is 403 g/mol. The number of anilines is 1. The summed E-state index contributed by atoms with van der Waals surface area (Å²) in [4.78, 5) is 22.0. The maximum Gasteiger partial charge on any atom is 0.416 e. The van der Waals surface area contributed by atoms with E-state index < -0.39 is 38.1 Å². The van der Waals surface area contributed by atoms with Gasteiger partial charge in [0, 0.05) is 17.9 Å². The van der Waals surface area contributed by atoms with Crippen LogP contribution in [-0.2, 0) is 16.0 Å². The van der Waals surface area contributed by atoms with E-state index in [-0.39, 0.29) is 16.1 Å². The number of hydrogen-bond donors (Lipinski definition) is 2. The average Bonchev–Trinajstić information content (AvgIpc) is 2.58. The smallest absolute Gasteiger partial charge is 0.292 e. The molecule has 144 valence electrons. The van der Waals surface area contributed by atoms with Crippen LogP contribution in [0.25, 0.3) is 0 Å². The molecule has 27 heavy (non-hydrogen) atoms. The van der Waals surface area contributed by atoms with Gasteiger partial charge in [0.2, 0.25) is 0 Å². The molecule has 0 atom stereocenters. The highest BCUT2D eigenvalue weighted by Crippen LogP contribution is 2.34. The van der Waals surface area contributed by atoms with E-state index in [0.717, 1.165) is 12.3 Å². The Balaban J connectivity index is 2.18. The van der Waals surface area contributed by atoms with E-state index in [4.69, 9.17) is 0 Å². The fourth-order valence-corrected chi connectivity index (χ4v) is 2.64. The van der Waals surface area contributed by atoms with E-state index in [9.17, 15) is 36.5 Å². The molecule has 0 saturated heterocycles. The molecule has 0 spiro atoms. The van der Waals surface area contributed by atoms with E-state index >= 15 is 0 Å². The quantitative estimate of drug-likeness (QED) is 0.585. The van der Waals surface area contributed by atoms with Crippen LogP contribution in [0.1, 0.15) is 15.9 Å². The second kappa shape index (κ2) is 7.23. The summed E-state index contributed by atoms with van der Waals surface area (Å²) in [5.74, 6) is -0.774. The van der Waals surface area contributed by atoms with E-state index in [1.807, 2.05) is 0 Å². The molecule has 1 amide bonds. The predicted molar refractivity (Wildman–Crippen MR) is 88.7 cm³/mol. The number of alkyl halides is 3. The van der Waals surface area contributed by atoms with Crippen molar-refractivity contribution >= 4 is 27.1 Å². The van der Waals surface area contributed by atoms with Gasteiger partial charge in [0.1, 0.15) is 5.69 Å². The van der Waals surface area contributed by atoms with E-state index in [2.05, 4.69) is 10.9 Å². The lowest BCUT2D eigenvalue weighted by Crippen LogP contribution is -2.29. The van der Waals surface area contributed by atoms with Crippen molar-refractivity contribution in [1.82, 2.24) is 5.43 Å². The molecule has 0 fully saturated rings. The number of benzene rings is 2. The number of halogens is 3. The van der Waals surface area contributed by atoms with Gasteiger partial charge < -0.3 is 0 Å². The van der Waals surface area contributed by atoms with Crippen LogP contribution < -0.4 is 10.9 Å². The van der Waals surface area contributed by atoms with Crippen molar-refractivity contribution < 1.29 is 31.3 Å². The Hall–Kier alpha value is -3.15. The summed E-state index contributed by atoms with van der Waals surface area (Å²) in [6.45, 7) is 0. The molecular formula is C15H12F3N3O5S. The maximum absolute atomic E-state index is 12.7. The summed E-state index contributed by atoms with van der Waals surface area (Å²) in [6, 6.07) is 6.62. The fraction of sp³-hybridized carbons (Fsp3) is 0.133. The van der Waals surface area contributed by atoms with Crippen LogP contribution in [0.2, 0.25) is 0 Å². The van der Waals surface area contributed by atoms with Crippen molar-refractivity contribution in [2.45, 2.75) is 11.1 Å².